The molecule has 4 saturated carbocycles. The molecule has 4 aliphatic carbocycles. The highest BCUT2D eigenvalue weighted by atomic mass is 19.1. The van der Waals surface area contributed by atoms with Crippen LogP contribution in [0, 0.1) is 59.1 Å². The fourth-order valence-electron chi connectivity index (χ4n) is 10.1. The average molecular weight is 509 g/mol. The number of hydrogen-bond acceptors (Lipinski definition) is 4. The van der Waals surface area contributed by atoms with Crippen molar-refractivity contribution in [3.05, 3.63) is 35.5 Å². The summed E-state index contributed by atoms with van der Waals surface area (Å²) in [5, 5.41) is 22.3. The summed E-state index contributed by atoms with van der Waals surface area (Å²) in [4.78, 5) is 9.21. The van der Waals surface area contributed by atoms with Gasteiger partial charge in [-0.3, -0.25) is 0 Å². The summed E-state index contributed by atoms with van der Waals surface area (Å²) in [6.45, 7) is 9.20. The third-order valence-electron chi connectivity index (χ3n) is 12.2. The van der Waals surface area contributed by atoms with Gasteiger partial charge in [0.15, 0.2) is 0 Å². The summed E-state index contributed by atoms with van der Waals surface area (Å²) < 4.78 is 14.4. The Morgan fingerprint density at radius 2 is 1.78 bits per heavy atom. The molecule has 1 heterocycles. The standard InChI is InChI=1S/C32H45FN2O2/c1-18(6-10-28-34-17-22-26(35-28)9-5-19(2)30(22)33)23-7-8-24-29-25(12-14-32(23,24)4)31(3)13-11-21(36)15-20(31)16-27(29)37/h5,9,17-18,20-21,23-25,27,29,36-37H,6-8,10-16H2,1-4H3/t18-,20+,21-,23-,24+,25?,27-,29+,31+,32-/m1/s1. The second-order valence-corrected chi connectivity index (χ2v) is 13.9. The third kappa shape index (κ3) is 4.06. The maximum atomic E-state index is 14.4. The van der Waals surface area contributed by atoms with Crippen LogP contribution in [0.4, 0.5) is 4.39 Å². The third-order valence-corrected chi connectivity index (χ3v) is 12.2. The van der Waals surface area contributed by atoms with Crippen LogP contribution in [0.2, 0.25) is 0 Å². The molecule has 1 unspecified atom stereocenters. The zero-order valence-corrected chi connectivity index (χ0v) is 23.1. The summed E-state index contributed by atoms with van der Waals surface area (Å²) in [5.41, 5.74) is 1.88. The van der Waals surface area contributed by atoms with Crippen molar-refractivity contribution in [3.63, 3.8) is 0 Å². The van der Waals surface area contributed by atoms with Crippen molar-refractivity contribution in [2.24, 2.45) is 46.3 Å². The van der Waals surface area contributed by atoms with Crippen molar-refractivity contribution >= 4 is 10.9 Å². The number of aromatic nitrogens is 2. The fraction of sp³-hybridized carbons (Fsp3) is 0.750. The van der Waals surface area contributed by atoms with Crippen molar-refractivity contribution in [2.45, 2.75) is 104 Å². The first-order chi connectivity index (χ1) is 17.6. The first kappa shape index (κ1) is 25.7. The maximum Gasteiger partial charge on any atom is 0.137 e. The van der Waals surface area contributed by atoms with Gasteiger partial charge in [-0.05, 0) is 123 Å². The van der Waals surface area contributed by atoms with Crippen LogP contribution in [0.3, 0.4) is 0 Å². The summed E-state index contributed by atoms with van der Waals surface area (Å²) in [6, 6.07) is 3.70. The molecular formula is C32H45FN2O2. The van der Waals surface area contributed by atoms with Crippen LogP contribution < -0.4 is 0 Å². The van der Waals surface area contributed by atoms with E-state index < -0.39 is 0 Å². The number of aryl methyl sites for hydroxylation is 2. The van der Waals surface area contributed by atoms with Crippen LogP contribution in [0.5, 0.6) is 0 Å². The number of aliphatic hydroxyl groups is 2. The van der Waals surface area contributed by atoms with E-state index >= 15 is 0 Å². The number of halogens is 1. The summed E-state index contributed by atoms with van der Waals surface area (Å²) in [5.74, 6) is 3.89. The molecule has 5 heteroatoms. The first-order valence-corrected chi connectivity index (χ1v) is 14.9. The van der Waals surface area contributed by atoms with E-state index in [0.29, 0.717) is 52.0 Å². The van der Waals surface area contributed by atoms with Crippen molar-refractivity contribution < 1.29 is 14.6 Å². The van der Waals surface area contributed by atoms with Gasteiger partial charge in [0.25, 0.3) is 0 Å². The largest absolute Gasteiger partial charge is 0.393 e. The Hall–Kier alpha value is -1.59. The molecule has 0 bridgehead atoms. The monoisotopic (exact) mass is 508 g/mol. The highest BCUT2D eigenvalue weighted by molar-refractivity contribution is 5.79. The van der Waals surface area contributed by atoms with Crippen molar-refractivity contribution in [3.8, 4) is 0 Å². The fourth-order valence-corrected chi connectivity index (χ4v) is 10.1. The van der Waals surface area contributed by atoms with Gasteiger partial charge in [-0.25, -0.2) is 14.4 Å². The van der Waals surface area contributed by atoms with Crippen molar-refractivity contribution in [1.82, 2.24) is 9.97 Å². The molecule has 4 nitrogen and oxygen atoms in total. The van der Waals surface area contributed by atoms with Gasteiger partial charge in [0.1, 0.15) is 11.6 Å². The quantitative estimate of drug-likeness (QED) is 0.486. The van der Waals surface area contributed by atoms with E-state index in [4.69, 9.17) is 0 Å². The number of benzene rings is 1. The van der Waals surface area contributed by atoms with E-state index in [1.807, 2.05) is 6.07 Å². The lowest BCUT2D eigenvalue weighted by atomic mass is 9.43. The van der Waals surface area contributed by atoms with E-state index in [1.165, 1.54) is 25.7 Å². The Labute approximate surface area is 221 Å². The van der Waals surface area contributed by atoms with Crippen LogP contribution in [0.1, 0.15) is 89.9 Å². The van der Waals surface area contributed by atoms with Gasteiger partial charge >= 0.3 is 0 Å². The Balaban J connectivity index is 1.17. The van der Waals surface area contributed by atoms with Gasteiger partial charge < -0.3 is 10.2 Å². The highest BCUT2D eigenvalue weighted by Gasteiger charge is 2.62. The van der Waals surface area contributed by atoms with Gasteiger partial charge in [0.2, 0.25) is 0 Å². The summed E-state index contributed by atoms with van der Waals surface area (Å²) in [7, 11) is 0. The second kappa shape index (κ2) is 9.26. The number of rotatable bonds is 4. The molecule has 2 N–H and O–H groups in total. The highest BCUT2D eigenvalue weighted by Crippen LogP contribution is 2.68. The van der Waals surface area contributed by atoms with Crippen LogP contribution in [0.15, 0.2) is 18.3 Å². The molecule has 1 aromatic heterocycles. The van der Waals surface area contributed by atoms with E-state index in [2.05, 4.69) is 30.7 Å². The normalized spacial score (nSPS) is 42.2. The van der Waals surface area contributed by atoms with Crippen LogP contribution in [-0.4, -0.2) is 32.4 Å². The molecule has 6 rings (SSSR count). The molecule has 0 radical (unpaired) electrons. The van der Waals surface area contributed by atoms with Gasteiger partial charge in [0.05, 0.1) is 23.1 Å². The molecule has 0 saturated heterocycles. The van der Waals surface area contributed by atoms with E-state index in [-0.39, 0.29) is 28.9 Å². The van der Waals surface area contributed by atoms with Gasteiger partial charge in [-0.15, -0.1) is 0 Å². The van der Waals surface area contributed by atoms with Crippen LogP contribution in [-0.2, 0) is 6.42 Å². The molecule has 1 aromatic carbocycles. The lowest BCUT2D eigenvalue weighted by Gasteiger charge is -2.62. The Morgan fingerprint density at radius 1 is 1.03 bits per heavy atom. The maximum absolute atomic E-state index is 14.4. The molecule has 10 atom stereocenters. The molecule has 2 aromatic rings. The van der Waals surface area contributed by atoms with E-state index in [0.717, 1.165) is 44.3 Å². The topological polar surface area (TPSA) is 66.2 Å². The molecule has 4 fully saturated rings. The van der Waals surface area contributed by atoms with Crippen molar-refractivity contribution in [2.75, 3.05) is 0 Å². The minimum atomic E-state index is -0.220. The zero-order valence-electron chi connectivity index (χ0n) is 23.1. The lowest BCUT2D eigenvalue weighted by molar-refractivity contribution is -0.174. The SMILES string of the molecule is Cc1ccc2nc(CC[C@@H](C)[C@H]3CC[C@H]4[C@H]5C(CC[C@]34C)[C@@]3(C)CC[C@@H](O)C[C@H]3C[C@H]5O)ncc2c1F. The minimum absolute atomic E-state index is 0.179. The number of fused-ring (bicyclic) bond motifs is 6. The van der Waals surface area contributed by atoms with Crippen LogP contribution in [0.25, 0.3) is 10.9 Å². The summed E-state index contributed by atoms with van der Waals surface area (Å²) >= 11 is 0. The van der Waals surface area contributed by atoms with Gasteiger partial charge in [-0.2, -0.15) is 0 Å². The second-order valence-electron chi connectivity index (χ2n) is 13.9. The predicted molar refractivity (Wildman–Crippen MR) is 144 cm³/mol. The number of nitrogens with zero attached hydrogens (tertiary/aromatic N) is 2. The minimum Gasteiger partial charge on any atom is -0.393 e. The average Bonchev–Trinajstić information content (AvgIpc) is 3.23. The lowest BCUT2D eigenvalue weighted by Crippen LogP contribution is -2.58. The Kier molecular flexibility index (Phi) is 6.42. The molecule has 0 aliphatic heterocycles. The number of aliphatic hydroxyl groups excluding tert-OH is 2. The van der Waals surface area contributed by atoms with E-state index in [1.54, 1.807) is 19.2 Å². The Bertz CT molecular complexity index is 1170. The van der Waals surface area contributed by atoms with Crippen molar-refractivity contribution in [1.29, 1.82) is 0 Å². The molecule has 4 aliphatic rings. The molecule has 37 heavy (non-hydrogen) atoms. The van der Waals surface area contributed by atoms with Crippen LogP contribution >= 0.6 is 0 Å². The molecular weight excluding hydrogens is 463 g/mol. The molecule has 202 valence electrons. The van der Waals surface area contributed by atoms with E-state index in [9.17, 15) is 14.6 Å². The zero-order chi connectivity index (χ0) is 26.1. The smallest absolute Gasteiger partial charge is 0.137 e. The number of hydrogen-bond donors (Lipinski definition) is 2. The Morgan fingerprint density at radius 3 is 2.59 bits per heavy atom. The molecule has 0 amide bonds. The predicted octanol–water partition coefficient (Wildman–Crippen LogP) is 6.64. The van der Waals surface area contributed by atoms with Gasteiger partial charge in [0, 0.05) is 12.6 Å². The first-order valence-electron chi connectivity index (χ1n) is 14.9. The van der Waals surface area contributed by atoms with Gasteiger partial charge in [-0.1, -0.05) is 26.8 Å². The molecule has 0 spiro atoms. The summed E-state index contributed by atoms with van der Waals surface area (Å²) in [6.07, 6.45) is 11.9.